The number of nitrogens with two attached hydrogens (primary N) is 2. The number of likely N-dealkylation sites (tertiary alicyclic amines) is 1. The van der Waals surface area contributed by atoms with Gasteiger partial charge in [0.05, 0.1) is 16.0 Å². The molecule has 4 aromatic rings. The molecule has 2 aromatic heterocycles. The molecule has 7 nitrogen and oxygen atoms in total. The molecule has 176 valence electrons. The highest BCUT2D eigenvalue weighted by atomic mass is 32.1. The van der Waals surface area contributed by atoms with E-state index in [0.717, 1.165) is 23.9 Å². The molecular weight excluding hydrogens is 465 g/mol. The number of amides is 2. The van der Waals surface area contributed by atoms with E-state index < -0.39 is 5.91 Å². The molecular formula is C26H22FN5O2S. The fraction of sp³-hybridized carbons (Fsp3) is 0.231. The number of carbonyl (C=O) groups excluding carboxylic acids is 2. The molecule has 1 aliphatic carbocycles. The maximum Gasteiger partial charge on any atom is 0.274 e. The van der Waals surface area contributed by atoms with Crippen molar-refractivity contribution in [3.8, 4) is 10.4 Å². The number of hydrogen-bond donors (Lipinski definition) is 2. The van der Waals surface area contributed by atoms with E-state index in [1.807, 2.05) is 23.1 Å². The Morgan fingerprint density at radius 2 is 1.91 bits per heavy atom. The molecule has 6 rings (SSSR count). The Kier molecular flexibility index (Phi) is 5.03. The van der Waals surface area contributed by atoms with Gasteiger partial charge in [0.2, 0.25) is 0 Å². The van der Waals surface area contributed by atoms with Gasteiger partial charge in [0.15, 0.2) is 5.13 Å². The monoisotopic (exact) mass is 487 g/mol. The third kappa shape index (κ3) is 3.81. The third-order valence-electron chi connectivity index (χ3n) is 6.87. The lowest BCUT2D eigenvalue weighted by Gasteiger charge is -2.27. The maximum absolute atomic E-state index is 13.9. The van der Waals surface area contributed by atoms with E-state index in [-0.39, 0.29) is 34.6 Å². The van der Waals surface area contributed by atoms with Crippen LogP contribution in [0.2, 0.25) is 0 Å². The van der Waals surface area contributed by atoms with Crippen molar-refractivity contribution >= 4 is 39.2 Å². The second kappa shape index (κ2) is 8.13. The number of halogens is 1. The number of nitrogen functional groups attached to an aromatic ring is 1. The fourth-order valence-electron chi connectivity index (χ4n) is 5.23. The zero-order valence-electron chi connectivity index (χ0n) is 18.6. The van der Waals surface area contributed by atoms with Gasteiger partial charge in [-0.15, -0.1) is 0 Å². The summed E-state index contributed by atoms with van der Waals surface area (Å²) in [5, 5.41) is 1.11. The van der Waals surface area contributed by atoms with Crippen molar-refractivity contribution in [2.75, 3.05) is 5.73 Å². The molecule has 4 N–H and O–H groups in total. The van der Waals surface area contributed by atoms with Gasteiger partial charge < -0.3 is 16.4 Å². The molecule has 3 heterocycles. The van der Waals surface area contributed by atoms with Crippen LogP contribution in [0.1, 0.15) is 39.4 Å². The van der Waals surface area contributed by atoms with Crippen LogP contribution in [0.5, 0.6) is 0 Å². The predicted molar refractivity (Wildman–Crippen MR) is 132 cm³/mol. The van der Waals surface area contributed by atoms with Gasteiger partial charge in [-0.2, -0.15) is 0 Å². The number of anilines is 1. The number of piperidine rings is 1. The molecule has 1 saturated carbocycles. The van der Waals surface area contributed by atoms with Gasteiger partial charge in [-0.3, -0.25) is 14.6 Å². The highest BCUT2D eigenvalue weighted by molar-refractivity contribution is 7.19. The topological polar surface area (TPSA) is 115 Å². The summed E-state index contributed by atoms with van der Waals surface area (Å²) in [7, 11) is 0. The average Bonchev–Trinajstić information content (AvgIpc) is 3.32. The minimum atomic E-state index is -0.523. The summed E-state index contributed by atoms with van der Waals surface area (Å²) in [6.45, 7) is 0. The first-order chi connectivity index (χ1) is 16.9. The SMILES string of the molecule is NC(=O)c1cccc2ccc(C[C@@H]3C[C@@H]4C[C@@H]4N3C(=O)c3nc(N)sc3-c3cccc(F)c3)nc12. The van der Waals surface area contributed by atoms with E-state index in [0.29, 0.717) is 33.9 Å². The van der Waals surface area contributed by atoms with Crippen molar-refractivity contribution in [3.63, 3.8) is 0 Å². The molecule has 35 heavy (non-hydrogen) atoms. The lowest BCUT2D eigenvalue weighted by atomic mass is 10.0. The number of aromatic nitrogens is 2. The molecule has 1 aliphatic heterocycles. The number of nitrogens with zero attached hydrogens (tertiary/aromatic N) is 3. The minimum absolute atomic E-state index is 0.0553. The van der Waals surface area contributed by atoms with Crippen LogP contribution in [0, 0.1) is 11.7 Å². The Hall–Kier alpha value is -3.85. The normalized spacial score (nSPS) is 20.7. The van der Waals surface area contributed by atoms with Crippen molar-refractivity contribution < 1.29 is 14.0 Å². The number of rotatable bonds is 5. The van der Waals surface area contributed by atoms with Gasteiger partial charge in [0.1, 0.15) is 11.5 Å². The number of fused-ring (bicyclic) bond motifs is 2. The zero-order valence-corrected chi connectivity index (χ0v) is 19.5. The summed E-state index contributed by atoms with van der Waals surface area (Å²) in [6.07, 6.45) is 2.40. The number of primary amides is 1. The highest BCUT2D eigenvalue weighted by Gasteiger charge is 2.54. The van der Waals surface area contributed by atoms with Crippen LogP contribution in [0.3, 0.4) is 0 Å². The second-order valence-electron chi connectivity index (χ2n) is 9.15. The number of pyridine rings is 1. The molecule has 2 aliphatic rings. The van der Waals surface area contributed by atoms with Crippen LogP contribution in [-0.2, 0) is 6.42 Å². The van der Waals surface area contributed by atoms with E-state index in [1.165, 1.54) is 23.5 Å². The molecule has 0 unspecified atom stereocenters. The summed E-state index contributed by atoms with van der Waals surface area (Å²) in [4.78, 5) is 37.2. The molecule has 0 bridgehead atoms. The molecule has 2 aromatic carbocycles. The Bertz CT molecular complexity index is 1500. The van der Waals surface area contributed by atoms with Crippen LogP contribution in [-0.4, -0.2) is 38.8 Å². The first kappa shape index (κ1) is 21.7. The first-order valence-corrected chi connectivity index (χ1v) is 12.2. The van der Waals surface area contributed by atoms with Crippen LogP contribution in [0.4, 0.5) is 9.52 Å². The number of para-hydroxylation sites is 1. The summed E-state index contributed by atoms with van der Waals surface area (Å²) in [6, 6.07) is 15.4. The lowest BCUT2D eigenvalue weighted by Crippen LogP contribution is -2.40. The van der Waals surface area contributed by atoms with Crippen LogP contribution in [0.25, 0.3) is 21.3 Å². The Morgan fingerprint density at radius 3 is 2.71 bits per heavy atom. The van der Waals surface area contributed by atoms with Gasteiger partial charge in [0.25, 0.3) is 11.8 Å². The number of thiazole rings is 1. The predicted octanol–water partition coefficient (Wildman–Crippen LogP) is 4.02. The molecule has 0 spiro atoms. The van der Waals surface area contributed by atoms with Gasteiger partial charge in [-0.25, -0.2) is 9.37 Å². The van der Waals surface area contributed by atoms with Crippen molar-refractivity contribution in [1.82, 2.24) is 14.9 Å². The second-order valence-corrected chi connectivity index (χ2v) is 10.2. The molecule has 9 heteroatoms. The summed E-state index contributed by atoms with van der Waals surface area (Å²) in [5.41, 5.74) is 14.1. The molecule has 0 radical (unpaired) electrons. The standard InChI is InChI=1S/C26H22FN5O2S/c27-16-5-1-4-14(9-16)23-22(31-26(29)35-23)25(34)32-18(10-15-11-20(15)32)12-17-8-7-13-3-2-6-19(24(28)33)21(13)30-17/h1-9,15,18,20H,10-12H2,(H2,28,33)(H2,29,31)/t15-,18+,20+/m1/s1. The van der Waals surface area contributed by atoms with Gasteiger partial charge in [-0.05, 0) is 48.6 Å². The summed E-state index contributed by atoms with van der Waals surface area (Å²) < 4.78 is 13.9. The van der Waals surface area contributed by atoms with E-state index >= 15 is 0 Å². The third-order valence-corrected chi connectivity index (χ3v) is 7.80. The Balaban J connectivity index is 1.32. The summed E-state index contributed by atoms with van der Waals surface area (Å²) in [5.74, 6) is -0.637. The first-order valence-electron chi connectivity index (χ1n) is 11.4. The quantitative estimate of drug-likeness (QED) is 0.441. The van der Waals surface area contributed by atoms with Crippen molar-refractivity contribution in [2.24, 2.45) is 11.7 Å². The molecule has 2 amide bonds. The van der Waals surface area contributed by atoms with Crippen LogP contribution in [0.15, 0.2) is 54.6 Å². The van der Waals surface area contributed by atoms with E-state index in [1.54, 1.807) is 24.3 Å². The van der Waals surface area contributed by atoms with Gasteiger partial charge >= 0.3 is 0 Å². The number of carbonyl (C=O) groups is 2. The fourth-order valence-corrected chi connectivity index (χ4v) is 6.05. The number of benzene rings is 2. The van der Waals surface area contributed by atoms with E-state index in [9.17, 15) is 14.0 Å². The Labute approximate surface area is 204 Å². The largest absolute Gasteiger partial charge is 0.375 e. The lowest BCUT2D eigenvalue weighted by molar-refractivity contribution is 0.0695. The minimum Gasteiger partial charge on any atom is -0.375 e. The molecule has 2 fully saturated rings. The maximum atomic E-state index is 13.9. The number of hydrogen-bond acceptors (Lipinski definition) is 6. The van der Waals surface area contributed by atoms with Crippen LogP contribution < -0.4 is 11.5 Å². The van der Waals surface area contributed by atoms with Gasteiger partial charge in [0, 0.05) is 29.6 Å². The Morgan fingerprint density at radius 1 is 1.09 bits per heavy atom. The van der Waals surface area contributed by atoms with E-state index in [2.05, 4.69) is 4.98 Å². The van der Waals surface area contributed by atoms with Crippen molar-refractivity contribution in [3.05, 3.63) is 77.4 Å². The van der Waals surface area contributed by atoms with Crippen molar-refractivity contribution in [2.45, 2.75) is 31.3 Å². The summed E-state index contributed by atoms with van der Waals surface area (Å²) >= 11 is 1.19. The van der Waals surface area contributed by atoms with Crippen molar-refractivity contribution in [1.29, 1.82) is 0 Å². The smallest absolute Gasteiger partial charge is 0.274 e. The molecule has 3 atom stereocenters. The van der Waals surface area contributed by atoms with E-state index in [4.69, 9.17) is 16.5 Å². The zero-order chi connectivity index (χ0) is 24.3. The molecule has 1 saturated heterocycles. The average molecular weight is 488 g/mol. The van der Waals surface area contributed by atoms with Crippen LogP contribution >= 0.6 is 11.3 Å². The highest BCUT2D eigenvalue weighted by Crippen LogP contribution is 2.49. The van der Waals surface area contributed by atoms with Gasteiger partial charge in [-0.1, -0.05) is 41.7 Å².